The number of esters is 2. The number of rotatable bonds is 9. The summed E-state index contributed by atoms with van der Waals surface area (Å²) >= 11 is 0. The highest BCUT2D eigenvalue weighted by atomic mass is 16.5. The van der Waals surface area contributed by atoms with Crippen molar-refractivity contribution in [2.24, 2.45) is 5.41 Å². The molecule has 0 radical (unpaired) electrons. The minimum Gasteiger partial charge on any atom is -0.466 e. The molecule has 0 unspecified atom stereocenters. The number of amides is 2. The molecule has 0 aliphatic carbocycles. The van der Waals surface area contributed by atoms with Crippen LogP contribution in [0.15, 0.2) is 30.3 Å². The number of urea groups is 1. The molecular formula is C22H32N2O5. The maximum atomic E-state index is 12.7. The topological polar surface area (TPSA) is 84.9 Å². The Morgan fingerprint density at radius 2 is 1.69 bits per heavy atom. The van der Waals surface area contributed by atoms with E-state index >= 15 is 0 Å². The fourth-order valence-electron chi connectivity index (χ4n) is 3.73. The van der Waals surface area contributed by atoms with Gasteiger partial charge in [0.25, 0.3) is 0 Å². The second kappa shape index (κ2) is 11.4. The van der Waals surface area contributed by atoms with Crippen LogP contribution in [0, 0.1) is 5.41 Å². The summed E-state index contributed by atoms with van der Waals surface area (Å²) in [7, 11) is 0. The van der Waals surface area contributed by atoms with Gasteiger partial charge in [-0.15, -0.1) is 0 Å². The van der Waals surface area contributed by atoms with Crippen molar-refractivity contribution < 1.29 is 23.9 Å². The zero-order valence-electron chi connectivity index (χ0n) is 17.4. The number of carbonyl (C=O) groups is 3. The first kappa shape index (κ1) is 22.7. The van der Waals surface area contributed by atoms with E-state index in [-0.39, 0.29) is 25.2 Å². The van der Waals surface area contributed by atoms with Gasteiger partial charge < -0.3 is 19.7 Å². The molecule has 2 amide bonds. The molecule has 1 saturated heterocycles. The SMILES string of the molecule is CCOC(=O)CNC(=O)N1CCC(CCCc2ccccc2)(C(=O)OCC)CC1. The van der Waals surface area contributed by atoms with Crippen LogP contribution in [-0.2, 0) is 25.5 Å². The second-order valence-corrected chi connectivity index (χ2v) is 7.29. The minimum absolute atomic E-state index is 0.150. The van der Waals surface area contributed by atoms with Gasteiger partial charge >= 0.3 is 18.0 Å². The predicted molar refractivity (Wildman–Crippen MR) is 109 cm³/mol. The molecule has 0 aromatic heterocycles. The van der Waals surface area contributed by atoms with Crippen LogP contribution in [0.25, 0.3) is 0 Å². The lowest BCUT2D eigenvalue weighted by molar-refractivity contribution is -0.159. The summed E-state index contributed by atoms with van der Waals surface area (Å²) in [4.78, 5) is 38.1. The average Bonchev–Trinajstić information content (AvgIpc) is 2.73. The molecule has 0 saturated carbocycles. The maximum Gasteiger partial charge on any atom is 0.325 e. The van der Waals surface area contributed by atoms with Gasteiger partial charge in [-0.1, -0.05) is 30.3 Å². The van der Waals surface area contributed by atoms with E-state index in [0.717, 1.165) is 19.3 Å². The van der Waals surface area contributed by atoms with Crippen LogP contribution >= 0.6 is 0 Å². The van der Waals surface area contributed by atoms with Gasteiger partial charge in [0.1, 0.15) is 6.54 Å². The first-order chi connectivity index (χ1) is 14.0. The summed E-state index contributed by atoms with van der Waals surface area (Å²) < 4.78 is 10.2. The zero-order valence-corrected chi connectivity index (χ0v) is 17.4. The van der Waals surface area contributed by atoms with E-state index in [0.29, 0.717) is 32.5 Å². The summed E-state index contributed by atoms with van der Waals surface area (Å²) in [5, 5.41) is 2.58. The Bertz CT molecular complexity index is 669. The first-order valence-corrected chi connectivity index (χ1v) is 10.4. The number of likely N-dealkylation sites (tertiary alicyclic amines) is 1. The molecule has 1 aliphatic rings. The molecule has 1 heterocycles. The third kappa shape index (κ3) is 6.76. The third-order valence-corrected chi connectivity index (χ3v) is 5.37. The van der Waals surface area contributed by atoms with Crippen LogP contribution in [0.2, 0.25) is 0 Å². The number of piperidine rings is 1. The molecule has 29 heavy (non-hydrogen) atoms. The smallest absolute Gasteiger partial charge is 0.325 e. The van der Waals surface area contributed by atoms with Crippen molar-refractivity contribution in [3.63, 3.8) is 0 Å². The van der Waals surface area contributed by atoms with Gasteiger partial charge in [-0.05, 0) is 51.5 Å². The Balaban J connectivity index is 1.90. The van der Waals surface area contributed by atoms with Crippen LogP contribution < -0.4 is 5.32 Å². The fraction of sp³-hybridized carbons (Fsp3) is 0.591. The second-order valence-electron chi connectivity index (χ2n) is 7.29. The minimum atomic E-state index is -0.553. The van der Waals surface area contributed by atoms with E-state index in [1.54, 1.807) is 11.8 Å². The van der Waals surface area contributed by atoms with Crippen molar-refractivity contribution in [1.29, 1.82) is 0 Å². The molecule has 0 spiro atoms. The lowest BCUT2D eigenvalue weighted by Gasteiger charge is -2.40. The maximum absolute atomic E-state index is 12.7. The van der Waals surface area contributed by atoms with Crippen molar-refractivity contribution in [1.82, 2.24) is 10.2 Å². The highest BCUT2D eigenvalue weighted by Crippen LogP contribution is 2.38. The van der Waals surface area contributed by atoms with Crippen LogP contribution in [0.1, 0.15) is 45.1 Å². The number of benzene rings is 1. The molecule has 7 nitrogen and oxygen atoms in total. The van der Waals surface area contributed by atoms with Gasteiger partial charge in [-0.3, -0.25) is 9.59 Å². The summed E-state index contributed by atoms with van der Waals surface area (Å²) in [6, 6.07) is 9.90. The van der Waals surface area contributed by atoms with Gasteiger partial charge in [0.15, 0.2) is 0 Å². The highest BCUT2D eigenvalue weighted by molar-refractivity contribution is 5.81. The van der Waals surface area contributed by atoms with Gasteiger partial charge in [0.2, 0.25) is 0 Å². The Morgan fingerprint density at radius 3 is 2.31 bits per heavy atom. The van der Waals surface area contributed by atoms with Crippen molar-refractivity contribution in [2.75, 3.05) is 32.8 Å². The molecular weight excluding hydrogens is 372 g/mol. The summed E-state index contributed by atoms with van der Waals surface area (Å²) in [5.74, 6) is -0.626. The summed E-state index contributed by atoms with van der Waals surface area (Å²) in [5.41, 5.74) is 0.699. The highest BCUT2D eigenvalue weighted by Gasteiger charge is 2.43. The van der Waals surface area contributed by atoms with Gasteiger partial charge in [-0.25, -0.2) is 4.79 Å². The number of carbonyl (C=O) groups excluding carboxylic acids is 3. The quantitative estimate of drug-likeness (QED) is 0.640. The normalized spacial score (nSPS) is 15.4. The van der Waals surface area contributed by atoms with Crippen molar-refractivity contribution >= 4 is 18.0 Å². The van der Waals surface area contributed by atoms with Crippen LogP contribution in [-0.4, -0.2) is 55.7 Å². The van der Waals surface area contributed by atoms with Gasteiger partial charge in [0.05, 0.1) is 18.6 Å². The standard InChI is InChI=1S/C22H32N2O5/c1-3-28-19(25)17-23-21(27)24-15-13-22(14-16-24,20(26)29-4-2)12-8-11-18-9-6-5-7-10-18/h5-7,9-10H,3-4,8,11-17H2,1-2H3,(H,23,27). The van der Waals surface area contributed by atoms with Crippen LogP contribution in [0.4, 0.5) is 4.79 Å². The van der Waals surface area contributed by atoms with Gasteiger partial charge in [0, 0.05) is 13.1 Å². The average molecular weight is 405 g/mol. The molecule has 0 bridgehead atoms. The van der Waals surface area contributed by atoms with Crippen molar-refractivity contribution in [2.45, 2.75) is 46.0 Å². The summed E-state index contributed by atoms with van der Waals surface area (Å²) in [6.07, 6.45) is 3.66. The Labute approximate surface area is 172 Å². The zero-order chi connectivity index (χ0) is 21.1. The van der Waals surface area contributed by atoms with E-state index < -0.39 is 11.4 Å². The number of nitrogens with zero attached hydrogens (tertiary/aromatic N) is 1. The largest absolute Gasteiger partial charge is 0.466 e. The number of nitrogens with one attached hydrogen (secondary N) is 1. The molecule has 2 rings (SSSR count). The molecule has 160 valence electrons. The van der Waals surface area contributed by atoms with E-state index in [2.05, 4.69) is 17.4 Å². The van der Waals surface area contributed by atoms with Crippen molar-refractivity contribution in [3.8, 4) is 0 Å². The van der Waals surface area contributed by atoms with Crippen LogP contribution in [0.3, 0.4) is 0 Å². The fourth-order valence-corrected chi connectivity index (χ4v) is 3.73. The molecule has 1 N–H and O–H groups in total. The number of ether oxygens (including phenoxy) is 2. The van der Waals surface area contributed by atoms with Gasteiger partial charge in [-0.2, -0.15) is 0 Å². The Hall–Kier alpha value is -2.57. The molecule has 1 aromatic rings. The van der Waals surface area contributed by atoms with E-state index in [9.17, 15) is 14.4 Å². The van der Waals surface area contributed by atoms with E-state index in [4.69, 9.17) is 9.47 Å². The van der Waals surface area contributed by atoms with E-state index in [1.165, 1.54) is 5.56 Å². The molecule has 1 fully saturated rings. The molecule has 0 atom stereocenters. The number of hydrogen-bond donors (Lipinski definition) is 1. The number of aryl methyl sites for hydroxylation is 1. The Kier molecular flexibility index (Phi) is 8.96. The third-order valence-electron chi connectivity index (χ3n) is 5.37. The monoisotopic (exact) mass is 404 g/mol. The van der Waals surface area contributed by atoms with E-state index in [1.807, 2.05) is 25.1 Å². The lowest BCUT2D eigenvalue weighted by atomic mass is 9.74. The molecule has 1 aliphatic heterocycles. The molecule has 1 aromatic carbocycles. The van der Waals surface area contributed by atoms with Crippen LogP contribution in [0.5, 0.6) is 0 Å². The Morgan fingerprint density at radius 1 is 1.03 bits per heavy atom. The van der Waals surface area contributed by atoms with Crippen molar-refractivity contribution in [3.05, 3.63) is 35.9 Å². The first-order valence-electron chi connectivity index (χ1n) is 10.4. The predicted octanol–water partition coefficient (Wildman–Crippen LogP) is 2.93. The summed E-state index contributed by atoms with van der Waals surface area (Å²) in [6.45, 7) is 4.93. The number of hydrogen-bond acceptors (Lipinski definition) is 5. The molecule has 7 heteroatoms. The lowest BCUT2D eigenvalue weighted by Crippen LogP contribution is -2.50.